The van der Waals surface area contributed by atoms with Gasteiger partial charge in [-0.3, -0.25) is 4.79 Å². The lowest BCUT2D eigenvalue weighted by Gasteiger charge is -2.22. The number of carbonyl (C=O) groups excluding carboxylic acids is 1. The Labute approximate surface area is 156 Å². The lowest BCUT2D eigenvalue weighted by Crippen LogP contribution is -2.36. The topological polar surface area (TPSA) is 85.4 Å². The Kier molecular flexibility index (Phi) is 4.79. The fraction of sp³-hybridized carbons (Fsp3) is 0.389. The third-order valence-electron chi connectivity index (χ3n) is 4.53. The molecular weight excluding hydrogens is 356 g/mol. The summed E-state index contributed by atoms with van der Waals surface area (Å²) >= 11 is 6.14. The molecule has 0 bridgehead atoms. The summed E-state index contributed by atoms with van der Waals surface area (Å²) in [5.74, 6) is 1.37. The van der Waals surface area contributed by atoms with Crippen molar-refractivity contribution in [2.45, 2.75) is 38.1 Å². The molecule has 2 N–H and O–H groups in total. The van der Waals surface area contributed by atoms with E-state index in [2.05, 4.69) is 20.6 Å². The Balaban J connectivity index is 1.49. The molecule has 0 unspecified atom stereocenters. The molecule has 1 aromatic heterocycles. The van der Waals surface area contributed by atoms with Crippen molar-refractivity contribution in [3.05, 3.63) is 35.1 Å². The van der Waals surface area contributed by atoms with Crippen LogP contribution in [-0.4, -0.2) is 28.7 Å². The molecule has 0 spiro atoms. The summed E-state index contributed by atoms with van der Waals surface area (Å²) < 4.78 is 10.6. The lowest BCUT2D eigenvalue weighted by molar-refractivity contribution is 0.0922. The van der Waals surface area contributed by atoms with Gasteiger partial charge in [0.25, 0.3) is 5.91 Å². The van der Waals surface area contributed by atoms with Crippen LogP contribution in [-0.2, 0) is 0 Å². The Morgan fingerprint density at radius 2 is 1.96 bits per heavy atom. The summed E-state index contributed by atoms with van der Waals surface area (Å²) in [4.78, 5) is 21.0. The van der Waals surface area contributed by atoms with E-state index in [9.17, 15) is 4.79 Å². The van der Waals surface area contributed by atoms with Crippen LogP contribution in [0.4, 0.5) is 11.6 Å². The van der Waals surface area contributed by atoms with Crippen molar-refractivity contribution in [3.63, 3.8) is 0 Å². The minimum absolute atomic E-state index is 0.176. The van der Waals surface area contributed by atoms with E-state index in [0.717, 1.165) is 31.4 Å². The van der Waals surface area contributed by atoms with Crippen molar-refractivity contribution in [3.8, 4) is 11.5 Å². The van der Waals surface area contributed by atoms with Crippen molar-refractivity contribution in [1.82, 2.24) is 15.3 Å². The number of halogens is 1. The molecule has 7 nitrogen and oxygen atoms in total. The number of rotatable bonds is 4. The van der Waals surface area contributed by atoms with Crippen LogP contribution in [0.1, 0.15) is 42.6 Å². The predicted octanol–water partition coefficient (Wildman–Crippen LogP) is 3.66. The van der Waals surface area contributed by atoms with Crippen molar-refractivity contribution < 1.29 is 14.3 Å². The molecule has 0 atom stereocenters. The van der Waals surface area contributed by atoms with Gasteiger partial charge >= 0.3 is 0 Å². The molecule has 1 fully saturated rings. The minimum Gasteiger partial charge on any atom is -0.454 e. The zero-order chi connectivity index (χ0) is 17.9. The molecule has 1 amide bonds. The first-order valence-corrected chi connectivity index (χ1v) is 9.07. The predicted molar refractivity (Wildman–Crippen MR) is 97.2 cm³/mol. The van der Waals surface area contributed by atoms with Gasteiger partial charge in [0.1, 0.15) is 0 Å². The fourth-order valence-electron chi connectivity index (χ4n) is 3.19. The number of fused-ring (bicyclic) bond motifs is 1. The van der Waals surface area contributed by atoms with Crippen LogP contribution in [0.3, 0.4) is 0 Å². The summed E-state index contributed by atoms with van der Waals surface area (Å²) in [5, 5.41) is 6.32. The van der Waals surface area contributed by atoms with Crippen LogP contribution in [0, 0.1) is 0 Å². The van der Waals surface area contributed by atoms with Gasteiger partial charge < -0.3 is 20.1 Å². The molecule has 1 aliphatic carbocycles. The second-order valence-corrected chi connectivity index (χ2v) is 6.80. The normalized spacial score (nSPS) is 16.3. The summed E-state index contributed by atoms with van der Waals surface area (Å²) in [6.07, 6.45) is 6.93. The van der Waals surface area contributed by atoms with Gasteiger partial charge in [0.15, 0.2) is 17.2 Å². The number of aromatic nitrogens is 2. The first-order valence-electron chi connectivity index (χ1n) is 8.69. The number of hydrogen-bond donors (Lipinski definition) is 2. The molecule has 136 valence electrons. The average Bonchev–Trinajstić information content (AvgIpc) is 3.12. The van der Waals surface area contributed by atoms with E-state index >= 15 is 0 Å². The zero-order valence-corrected chi connectivity index (χ0v) is 14.9. The number of anilines is 2. The molecule has 26 heavy (non-hydrogen) atoms. The van der Waals surface area contributed by atoms with E-state index in [1.807, 2.05) is 6.07 Å². The number of hydrogen-bond acceptors (Lipinski definition) is 6. The highest BCUT2D eigenvalue weighted by molar-refractivity contribution is 6.33. The molecule has 1 aromatic carbocycles. The molecule has 2 aromatic rings. The highest BCUT2D eigenvalue weighted by Gasteiger charge is 2.20. The molecule has 2 heterocycles. The molecule has 4 rings (SSSR count). The summed E-state index contributed by atoms with van der Waals surface area (Å²) in [7, 11) is 0. The summed E-state index contributed by atoms with van der Waals surface area (Å²) in [6, 6.07) is 5.61. The van der Waals surface area contributed by atoms with Crippen LogP contribution < -0.4 is 20.1 Å². The van der Waals surface area contributed by atoms with E-state index in [-0.39, 0.29) is 29.5 Å². The fourth-order valence-corrected chi connectivity index (χ4v) is 3.37. The minimum atomic E-state index is -0.266. The van der Waals surface area contributed by atoms with Crippen LogP contribution in [0.2, 0.25) is 5.02 Å². The second-order valence-electron chi connectivity index (χ2n) is 6.39. The van der Waals surface area contributed by atoms with Crippen molar-refractivity contribution in [1.29, 1.82) is 0 Å². The number of benzene rings is 1. The Morgan fingerprint density at radius 3 is 2.81 bits per heavy atom. The second kappa shape index (κ2) is 7.37. The highest BCUT2D eigenvalue weighted by Crippen LogP contribution is 2.34. The Morgan fingerprint density at radius 1 is 1.15 bits per heavy atom. The number of nitrogens with one attached hydrogen (secondary N) is 2. The van der Waals surface area contributed by atoms with E-state index in [0.29, 0.717) is 17.4 Å². The maximum absolute atomic E-state index is 12.5. The molecule has 1 aliphatic heterocycles. The smallest absolute Gasteiger partial charge is 0.271 e. The average molecular weight is 375 g/mol. The first-order chi connectivity index (χ1) is 12.7. The van der Waals surface area contributed by atoms with E-state index in [4.69, 9.17) is 21.1 Å². The Hall–Kier alpha value is -2.54. The number of ether oxygens (including phenoxy) is 2. The van der Waals surface area contributed by atoms with Crippen molar-refractivity contribution in [2.75, 3.05) is 12.1 Å². The van der Waals surface area contributed by atoms with Crippen LogP contribution >= 0.6 is 11.6 Å². The van der Waals surface area contributed by atoms with Crippen LogP contribution in [0.5, 0.6) is 11.5 Å². The van der Waals surface area contributed by atoms with Gasteiger partial charge in [0, 0.05) is 17.8 Å². The van der Waals surface area contributed by atoms with Crippen LogP contribution in [0.25, 0.3) is 0 Å². The van der Waals surface area contributed by atoms with Crippen LogP contribution in [0.15, 0.2) is 24.4 Å². The standard InChI is InChI=1S/C18H19ClN4O3/c19-13-9-20-18(22-12-6-7-14-15(8-12)26-10-25-14)23-16(13)17(24)21-11-4-2-1-3-5-11/h6-9,11H,1-5,10H2,(H,21,24)(H,20,22,23). The van der Waals surface area contributed by atoms with Gasteiger partial charge in [0.2, 0.25) is 12.7 Å². The maximum atomic E-state index is 12.5. The summed E-state index contributed by atoms with van der Waals surface area (Å²) in [5.41, 5.74) is 0.908. The van der Waals surface area contributed by atoms with Gasteiger partial charge in [-0.1, -0.05) is 30.9 Å². The van der Waals surface area contributed by atoms with Gasteiger partial charge in [-0.15, -0.1) is 0 Å². The van der Waals surface area contributed by atoms with E-state index < -0.39 is 0 Å². The van der Waals surface area contributed by atoms with Gasteiger partial charge in [-0.25, -0.2) is 9.97 Å². The quantitative estimate of drug-likeness (QED) is 0.849. The van der Waals surface area contributed by atoms with Gasteiger partial charge in [0.05, 0.1) is 11.2 Å². The van der Waals surface area contributed by atoms with Gasteiger partial charge in [-0.05, 0) is 25.0 Å². The zero-order valence-electron chi connectivity index (χ0n) is 14.1. The van der Waals surface area contributed by atoms with E-state index in [1.54, 1.807) is 12.1 Å². The number of amides is 1. The monoisotopic (exact) mass is 374 g/mol. The first kappa shape index (κ1) is 16.9. The van der Waals surface area contributed by atoms with E-state index in [1.165, 1.54) is 12.6 Å². The molecule has 2 aliphatic rings. The summed E-state index contributed by atoms with van der Waals surface area (Å²) in [6.45, 7) is 0.210. The Bertz CT molecular complexity index is 824. The molecular formula is C18H19ClN4O3. The molecule has 8 heteroatoms. The maximum Gasteiger partial charge on any atom is 0.271 e. The molecule has 0 saturated heterocycles. The third-order valence-corrected chi connectivity index (χ3v) is 4.80. The largest absolute Gasteiger partial charge is 0.454 e. The lowest BCUT2D eigenvalue weighted by atomic mass is 9.95. The number of nitrogens with zero attached hydrogens (tertiary/aromatic N) is 2. The SMILES string of the molecule is O=C(NC1CCCCC1)c1nc(Nc2ccc3c(c2)OCO3)ncc1Cl. The molecule has 0 radical (unpaired) electrons. The van der Waals surface area contributed by atoms with Crippen molar-refractivity contribution >= 4 is 29.1 Å². The molecule has 1 saturated carbocycles. The highest BCUT2D eigenvalue weighted by atomic mass is 35.5. The number of carbonyl (C=O) groups is 1. The third kappa shape index (κ3) is 3.67. The van der Waals surface area contributed by atoms with Crippen molar-refractivity contribution in [2.24, 2.45) is 0 Å². The van der Waals surface area contributed by atoms with Gasteiger partial charge in [-0.2, -0.15) is 0 Å².